The van der Waals surface area contributed by atoms with Crippen molar-refractivity contribution in [1.29, 1.82) is 0 Å². The molecule has 92 valence electrons. The zero-order valence-corrected chi connectivity index (χ0v) is 9.49. The number of amides is 2. The molecular formula is C9H18N4O3. The molecule has 0 spiro atoms. The lowest BCUT2D eigenvalue weighted by Crippen LogP contribution is -2.39. The summed E-state index contributed by atoms with van der Waals surface area (Å²) in [6, 6.07) is 0. The Morgan fingerprint density at radius 3 is 2.56 bits per heavy atom. The van der Waals surface area contributed by atoms with Crippen LogP contribution in [-0.4, -0.2) is 36.4 Å². The third-order valence-electron chi connectivity index (χ3n) is 2.13. The monoisotopic (exact) mass is 230 g/mol. The van der Waals surface area contributed by atoms with Crippen LogP contribution in [0.4, 0.5) is 0 Å². The number of hydrogen-bond acceptors (Lipinski definition) is 4. The summed E-state index contributed by atoms with van der Waals surface area (Å²) < 4.78 is 0. The van der Waals surface area contributed by atoms with Crippen LogP contribution < -0.4 is 16.4 Å². The van der Waals surface area contributed by atoms with Crippen LogP contribution in [0.15, 0.2) is 5.16 Å². The van der Waals surface area contributed by atoms with Crippen molar-refractivity contribution >= 4 is 17.6 Å². The molecule has 0 aromatic carbocycles. The van der Waals surface area contributed by atoms with E-state index in [9.17, 15) is 9.59 Å². The van der Waals surface area contributed by atoms with Gasteiger partial charge in [0, 0.05) is 20.0 Å². The molecule has 1 unspecified atom stereocenters. The number of hydrogen-bond donors (Lipinski definition) is 4. The fourth-order valence-electron chi connectivity index (χ4n) is 1.15. The lowest BCUT2D eigenvalue weighted by Gasteiger charge is -2.12. The summed E-state index contributed by atoms with van der Waals surface area (Å²) in [7, 11) is 1.52. The number of nitrogens with one attached hydrogen (secondary N) is 2. The van der Waals surface area contributed by atoms with Gasteiger partial charge in [0.25, 0.3) is 0 Å². The van der Waals surface area contributed by atoms with Gasteiger partial charge in [-0.15, -0.1) is 0 Å². The molecular weight excluding hydrogens is 212 g/mol. The zero-order chi connectivity index (χ0) is 12.6. The van der Waals surface area contributed by atoms with E-state index in [-0.39, 0.29) is 30.6 Å². The minimum absolute atomic E-state index is 0.125. The summed E-state index contributed by atoms with van der Waals surface area (Å²) in [6.45, 7) is 1.98. The van der Waals surface area contributed by atoms with Crippen LogP contribution in [0.3, 0.4) is 0 Å². The molecule has 0 aromatic rings. The number of amidine groups is 1. The van der Waals surface area contributed by atoms with Crippen molar-refractivity contribution in [3.63, 3.8) is 0 Å². The zero-order valence-electron chi connectivity index (χ0n) is 9.49. The minimum Gasteiger partial charge on any atom is -0.409 e. The molecule has 0 aromatic heterocycles. The molecule has 0 radical (unpaired) electrons. The van der Waals surface area contributed by atoms with Crippen molar-refractivity contribution in [2.45, 2.75) is 19.8 Å². The topological polar surface area (TPSA) is 117 Å². The highest BCUT2D eigenvalue weighted by molar-refractivity contribution is 6.02. The first-order valence-electron chi connectivity index (χ1n) is 5.02. The minimum atomic E-state index is -0.658. The Balaban J connectivity index is 4.08. The van der Waals surface area contributed by atoms with Crippen LogP contribution in [0.2, 0.25) is 0 Å². The van der Waals surface area contributed by atoms with Crippen LogP contribution in [0.5, 0.6) is 0 Å². The summed E-state index contributed by atoms with van der Waals surface area (Å²) in [5.74, 6) is -1.28. The summed E-state index contributed by atoms with van der Waals surface area (Å²) in [5, 5.41) is 16.2. The van der Waals surface area contributed by atoms with Gasteiger partial charge in [-0.1, -0.05) is 12.1 Å². The van der Waals surface area contributed by atoms with E-state index in [1.165, 1.54) is 7.05 Å². The number of rotatable bonds is 6. The van der Waals surface area contributed by atoms with E-state index in [0.717, 1.165) is 0 Å². The van der Waals surface area contributed by atoms with E-state index >= 15 is 0 Å². The standard InChI is InChI=1S/C9H18N4O3/c1-3-6(8(10)13-16)9(15)12-5-4-7(14)11-2/h6,16H,3-5H2,1-2H3,(H2,10,13)(H,11,14)(H,12,15). The molecule has 0 bridgehead atoms. The summed E-state index contributed by atoms with van der Waals surface area (Å²) in [6.07, 6.45) is 0.635. The maximum absolute atomic E-state index is 11.5. The van der Waals surface area contributed by atoms with Gasteiger partial charge >= 0.3 is 0 Å². The van der Waals surface area contributed by atoms with Crippen LogP contribution >= 0.6 is 0 Å². The Morgan fingerprint density at radius 1 is 1.50 bits per heavy atom. The van der Waals surface area contributed by atoms with E-state index in [1.807, 2.05) is 0 Å². The second-order valence-electron chi connectivity index (χ2n) is 3.20. The number of carbonyl (C=O) groups excluding carboxylic acids is 2. The highest BCUT2D eigenvalue weighted by Gasteiger charge is 2.20. The van der Waals surface area contributed by atoms with E-state index in [2.05, 4.69) is 15.8 Å². The summed E-state index contributed by atoms with van der Waals surface area (Å²) in [4.78, 5) is 22.4. The number of carbonyl (C=O) groups is 2. The van der Waals surface area contributed by atoms with Crippen molar-refractivity contribution in [2.24, 2.45) is 16.8 Å². The fourth-order valence-corrected chi connectivity index (χ4v) is 1.15. The van der Waals surface area contributed by atoms with Gasteiger partial charge < -0.3 is 21.6 Å². The summed E-state index contributed by atoms with van der Waals surface area (Å²) in [5.41, 5.74) is 5.35. The highest BCUT2D eigenvalue weighted by atomic mass is 16.4. The summed E-state index contributed by atoms with van der Waals surface area (Å²) >= 11 is 0. The van der Waals surface area contributed by atoms with Gasteiger partial charge in [0.1, 0.15) is 0 Å². The van der Waals surface area contributed by atoms with Gasteiger partial charge in [0.2, 0.25) is 11.8 Å². The molecule has 7 nitrogen and oxygen atoms in total. The largest absolute Gasteiger partial charge is 0.409 e. The van der Waals surface area contributed by atoms with Crippen molar-refractivity contribution in [3.05, 3.63) is 0 Å². The van der Waals surface area contributed by atoms with E-state index < -0.39 is 5.92 Å². The average Bonchev–Trinajstić information content (AvgIpc) is 2.29. The molecule has 0 heterocycles. The Bertz CT molecular complexity index is 278. The van der Waals surface area contributed by atoms with E-state index in [4.69, 9.17) is 10.9 Å². The number of nitrogens with two attached hydrogens (primary N) is 1. The molecule has 0 aliphatic rings. The third kappa shape index (κ3) is 4.63. The molecule has 0 saturated heterocycles. The quantitative estimate of drug-likeness (QED) is 0.203. The maximum atomic E-state index is 11.5. The molecule has 16 heavy (non-hydrogen) atoms. The van der Waals surface area contributed by atoms with Gasteiger partial charge in [-0.2, -0.15) is 0 Å². The Kier molecular flexibility index (Phi) is 6.66. The van der Waals surface area contributed by atoms with Gasteiger partial charge in [0.15, 0.2) is 5.84 Å². The number of oxime groups is 1. The predicted octanol–water partition coefficient (Wildman–Crippen LogP) is -0.989. The first-order chi connectivity index (χ1) is 7.56. The van der Waals surface area contributed by atoms with Crippen LogP contribution in [0.25, 0.3) is 0 Å². The SMILES string of the molecule is CCC(C(=O)NCCC(=O)NC)C(N)=NO. The lowest BCUT2D eigenvalue weighted by molar-refractivity contribution is -0.123. The normalized spacial score (nSPS) is 13.0. The molecule has 2 amide bonds. The van der Waals surface area contributed by atoms with Crippen molar-refractivity contribution in [1.82, 2.24) is 10.6 Å². The van der Waals surface area contributed by atoms with Gasteiger partial charge in [-0.05, 0) is 6.42 Å². The smallest absolute Gasteiger partial charge is 0.230 e. The Morgan fingerprint density at radius 2 is 2.12 bits per heavy atom. The third-order valence-corrected chi connectivity index (χ3v) is 2.13. The molecule has 0 saturated carbocycles. The molecule has 0 aliphatic carbocycles. The van der Waals surface area contributed by atoms with Crippen molar-refractivity contribution in [2.75, 3.05) is 13.6 Å². The van der Waals surface area contributed by atoms with Crippen molar-refractivity contribution < 1.29 is 14.8 Å². The fraction of sp³-hybridized carbons (Fsp3) is 0.667. The van der Waals surface area contributed by atoms with Crippen LogP contribution in [-0.2, 0) is 9.59 Å². The van der Waals surface area contributed by atoms with Gasteiger partial charge in [-0.3, -0.25) is 9.59 Å². The van der Waals surface area contributed by atoms with Crippen LogP contribution in [0.1, 0.15) is 19.8 Å². The van der Waals surface area contributed by atoms with Crippen molar-refractivity contribution in [3.8, 4) is 0 Å². The van der Waals surface area contributed by atoms with E-state index in [0.29, 0.717) is 6.42 Å². The van der Waals surface area contributed by atoms with Gasteiger partial charge in [0.05, 0.1) is 5.92 Å². The van der Waals surface area contributed by atoms with Crippen LogP contribution in [0, 0.1) is 5.92 Å². The van der Waals surface area contributed by atoms with E-state index in [1.54, 1.807) is 6.92 Å². The first kappa shape index (κ1) is 14.2. The van der Waals surface area contributed by atoms with Gasteiger partial charge in [-0.25, -0.2) is 0 Å². The molecule has 0 aliphatic heterocycles. The number of nitrogens with zero attached hydrogens (tertiary/aromatic N) is 1. The second kappa shape index (κ2) is 7.49. The molecule has 0 rings (SSSR count). The molecule has 5 N–H and O–H groups in total. The Hall–Kier alpha value is -1.79. The second-order valence-corrected chi connectivity index (χ2v) is 3.20. The molecule has 1 atom stereocenters. The lowest BCUT2D eigenvalue weighted by atomic mass is 10.0. The maximum Gasteiger partial charge on any atom is 0.230 e. The first-order valence-corrected chi connectivity index (χ1v) is 5.02. The average molecular weight is 230 g/mol. The Labute approximate surface area is 94.1 Å². The highest BCUT2D eigenvalue weighted by Crippen LogP contribution is 2.02. The molecule has 7 heteroatoms. The molecule has 0 fully saturated rings. The predicted molar refractivity (Wildman–Crippen MR) is 58.9 cm³/mol.